The highest BCUT2D eigenvalue weighted by Crippen LogP contribution is 2.01. The Hall–Kier alpha value is -0.620. The van der Waals surface area contributed by atoms with Crippen LogP contribution in [-0.2, 0) is 14.6 Å². The molecule has 0 fully saturated rings. The molecule has 1 atom stereocenters. The number of carbonyl (C=O) groups excluding carboxylic acids is 1. The fourth-order valence-corrected chi connectivity index (χ4v) is 1.30. The average Bonchev–Trinajstić information content (AvgIpc) is 2.00. The van der Waals surface area contributed by atoms with Crippen molar-refractivity contribution >= 4 is 15.7 Å². The van der Waals surface area contributed by atoms with Gasteiger partial charge in [0.15, 0.2) is 9.84 Å². The third-order valence-corrected chi connectivity index (χ3v) is 3.29. The third-order valence-electron chi connectivity index (χ3n) is 1.80. The zero-order valence-corrected chi connectivity index (χ0v) is 8.84. The monoisotopic (exact) mass is 209 g/mol. The van der Waals surface area contributed by atoms with Crippen molar-refractivity contribution in [1.29, 1.82) is 0 Å². The Kier molecular flexibility index (Phi) is 4.35. The van der Waals surface area contributed by atoms with Crippen LogP contribution in [0.25, 0.3) is 0 Å². The van der Waals surface area contributed by atoms with Gasteiger partial charge in [0, 0.05) is 19.8 Å². The maximum atomic E-state index is 11.3. The van der Waals surface area contributed by atoms with Crippen molar-refractivity contribution in [3.8, 4) is 0 Å². The zero-order valence-electron chi connectivity index (χ0n) is 8.02. The minimum atomic E-state index is -3.34. The minimum absolute atomic E-state index is 0.151. The summed E-state index contributed by atoms with van der Waals surface area (Å²) in [7, 11) is -1.88. The highest BCUT2D eigenvalue weighted by atomic mass is 32.2. The molecule has 0 saturated carbocycles. The van der Waals surface area contributed by atoms with Gasteiger partial charge in [-0.25, -0.2) is 8.42 Å². The summed E-state index contributed by atoms with van der Waals surface area (Å²) in [5, 5.41) is 7.49. The molecule has 1 unspecified atom stereocenters. The van der Waals surface area contributed by atoms with Crippen LogP contribution in [-0.4, -0.2) is 56.0 Å². The largest absolute Gasteiger partial charge is 0.395 e. The summed E-state index contributed by atoms with van der Waals surface area (Å²) < 4.78 is 21.9. The second kappa shape index (κ2) is 4.57. The molecule has 0 bridgehead atoms. The van der Waals surface area contributed by atoms with Crippen LogP contribution in [0.1, 0.15) is 6.92 Å². The number of hydrogen-bond donors (Lipinski definition) is 1. The van der Waals surface area contributed by atoms with Crippen LogP contribution in [0.5, 0.6) is 0 Å². The topological polar surface area (TPSA) is 74.7 Å². The summed E-state index contributed by atoms with van der Waals surface area (Å²) in [5.41, 5.74) is 0. The molecule has 0 aromatic carbocycles. The molecular formula is C7H15NO4S. The fraction of sp³-hybridized carbons (Fsp3) is 0.857. The number of likely N-dealkylation sites (N-methyl/N-ethyl adjacent to an activating group) is 1. The van der Waals surface area contributed by atoms with Crippen LogP contribution in [0.4, 0.5) is 0 Å². The molecule has 1 amide bonds. The summed E-state index contributed by atoms with van der Waals surface area (Å²) in [4.78, 5) is 12.5. The Labute approximate surface area is 78.3 Å². The Morgan fingerprint density at radius 1 is 1.54 bits per heavy atom. The molecule has 1 N–H and O–H groups in total. The zero-order chi connectivity index (χ0) is 10.6. The smallest absolute Gasteiger partial charge is 0.240 e. The van der Waals surface area contributed by atoms with Crippen LogP contribution in [0.15, 0.2) is 0 Å². The van der Waals surface area contributed by atoms with Gasteiger partial charge in [-0.15, -0.1) is 0 Å². The molecule has 6 heteroatoms. The first kappa shape index (κ1) is 12.4. The minimum Gasteiger partial charge on any atom is -0.395 e. The lowest BCUT2D eigenvalue weighted by atomic mass is 10.4. The first-order chi connectivity index (χ1) is 5.80. The van der Waals surface area contributed by atoms with E-state index in [0.717, 1.165) is 6.26 Å². The van der Waals surface area contributed by atoms with E-state index in [1.807, 2.05) is 0 Å². The maximum absolute atomic E-state index is 11.3. The normalized spacial score (nSPS) is 13.8. The molecule has 0 aliphatic heterocycles. The summed E-state index contributed by atoms with van der Waals surface area (Å²) in [6.45, 7) is 1.32. The quantitative estimate of drug-likeness (QED) is 0.636. The molecule has 78 valence electrons. The molecule has 0 rings (SSSR count). The standard InChI is InChI=1S/C7H15NO4S/c1-6(13(3,11)12)7(10)8(2)4-5-9/h6,9H,4-5H2,1-3H3. The highest BCUT2D eigenvalue weighted by Gasteiger charge is 2.25. The van der Waals surface area contributed by atoms with Gasteiger partial charge in [-0.3, -0.25) is 4.79 Å². The second-order valence-corrected chi connectivity index (χ2v) is 5.32. The average molecular weight is 209 g/mol. The van der Waals surface area contributed by atoms with Gasteiger partial charge in [0.1, 0.15) is 5.25 Å². The van der Waals surface area contributed by atoms with Crippen LogP contribution in [0, 0.1) is 0 Å². The maximum Gasteiger partial charge on any atom is 0.240 e. The summed E-state index contributed by atoms with van der Waals surface area (Å²) in [6, 6.07) is 0. The number of nitrogens with zero attached hydrogens (tertiary/aromatic N) is 1. The molecule has 0 aromatic heterocycles. The van der Waals surface area contributed by atoms with E-state index < -0.39 is 21.0 Å². The Bertz CT molecular complexity index is 272. The van der Waals surface area contributed by atoms with E-state index in [4.69, 9.17) is 5.11 Å². The molecular weight excluding hydrogens is 194 g/mol. The molecule has 0 radical (unpaired) electrons. The predicted molar refractivity (Wildman–Crippen MR) is 49.0 cm³/mol. The SMILES string of the molecule is CC(C(=O)N(C)CCO)S(C)(=O)=O. The molecule has 0 heterocycles. The van der Waals surface area contributed by atoms with E-state index in [1.165, 1.54) is 18.9 Å². The number of aliphatic hydroxyl groups excluding tert-OH is 1. The van der Waals surface area contributed by atoms with Gasteiger partial charge in [-0.05, 0) is 6.92 Å². The first-order valence-electron chi connectivity index (χ1n) is 3.85. The van der Waals surface area contributed by atoms with Gasteiger partial charge in [-0.1, -0.05) is 0 Å². The fourth-order valence-electron chi connectivity index (χ4n) is 0.754. The van der Waals surface area contributed by atoms with Gasteiger partial charge >= 0.3 is 0 Å². The van der Waals surface area contributed by atoms with Gasteiger partial charge in [-0.2, -0.15) is 0 Å². The van der Waals surface area contributed by atoms with Gasteiger partial charge < -0.3 is 10.0 Å². The van der Waals surface area contributed by atoms with Gasteiger partial charge in [0.25, 0.3) is 0 Å². The molecule has 0 saturated heterocycles. The summed E-state index contributed by atoms with van der Waals surface area (Å²) in [5.74, 6) is -0.489. The lowest BCUT2D eigenvalue weighted by Crippen LogP contribution is -2.40. The van der Waals surface area contributed by atoms with Crippen LogP contribution in [0.2, 0.25) is 0 Å². The molecule has 0 aliphatic rings. The van der Waals surface area contributed by atoms with E-state index in [2.05, 4.69) is 0 Å². The van der Waals surface area contributed by atoms with Crippen molar-refractivity contribution in [2.45, 2.75) is 12.2 Å². The number of carbonyl (C=O) groups is 1. The number of amides is 1. The number of hydrogen-bond acceptors (Lipinski definition) is 4. The molecule has 13 heavy (non-hydrogen) atoms. The van der Waals surface area contributed by atoms with Crippen molar-refractivity contribution in [1.82, 2.24) is 4.90 Å². The summed E-state index contributed by atoms with van der Waals surface area (Å²) in [6.07, 6.45) is 1.02. The number of aliphatic hydroxyl groups is 1. The lowest BCUT2D eigenvalue weighted by molar-refractivity contribution is -0.129. The third kappa shape index (κ3) is 3.73. The van der Waals surface area contributed by atoms with E-state index in [0.29, 0.717) is 0 Å². The van der Waals surface area contributed by atoms with Crippen LogP contribution >= 0.6 is 0 Å². The van der Waals surface area contributed by atoms with Gasteiger partial charge in [0.05, 0.1) is 6.61 Å². The molecule has 5 nitrogen and oxygen atoms in total. The summed E-state index contributed by atoms with van der Waals surface area (Å²) >= 11 is 0. The first-order valence-corrected chi connectivity index (χ1v) is 5.81. The number of sulfone groups is 1. The molecule has 0 spiro atoms. The van der Waals surface area contributed by atoms with E-state index in [1.54, 1.807) is 0 Å². The Morgan fingerprint density at radius 2 is 2.00 bits per heavy atom. The Balaban J connectivity index is 4.44. The highest BCUT2D eigenvalue weighted by molar-refractivity contribution is 7.92. The van der Waals surface area contributed by atoms with E-state index in [-0.39, 0.29) is 13.2 Å². The van der Waals surface area contributed by atoms with Crippen LogP contribution < -0.4 is 0 Å². The lowest BCUT2D eigenvalue weighted by Gasteiger charge is -2.19. The van der Waals surface area contributed by atoms with Crippen molar-refractivity contribution in [2.24, 2.45) is 0 Å². The van der Waals surface area contributed by atoms with Crippen molar-refractivity contribution in [2.75, 3.05) is 26.5 Å². The van der Waals surface area contributed by atoms with Crippen molar-refractivity contribution in [3.63, 3.8) is 0 Å². The van der Waals surface area contributed by atoms with Crippen LogP contribution in [0.3, 0.4) is 0 Å². The predicted octanol–water partition coefficient (Wildman–Crippen LogP) is -1.13. The second-order valence-electron chi connectivity index (χ2n) is 2.96. The van der Waals surface area contributed by atoms with E-state index >= 15 is 0 Å². The molecule has 0 aromatic rings. The van der Waals surface area contributed by atoms with Crippen molar-refractivity contribution in [3.05, 3.63) is 0 Å². The number of rotatable bonds is 4. The van der Waals surface area contributed by atoms with E-state index in [9.17, 15) is 13.2 Å². The van der Waals surface area contributed by atoms with Crippen molar-refractivity contribution < 1.29 is 18.3 Å². The van der Waals surface area contributed by atoms with Gasteiger partial charge in [0.2, 0.25) is 5.91 Å². The molecule has 0 aliphatic carbocycles. The Morgan fingerprint density at radius 3 is 2.31 bits per heavy atom.